The fraction of sp³-hybridized carbons (Fsp3) is 0.312. The standard InChI is InChI=1S/C16H19N3O5S/c1-5-14-17-16(19-18-14)25-13(15(20)21)8-10-11(23-3)6-9(22-2)7-12(10)24-4/h6-8H,5H2,1-4H3,(H,20,21)(H,17,18,19)/b13-8-. The lowest BCUT2D eigenvalue weighted by atomic mass is 10.1. The molecule has 9 heteroatoms. The lowest BCUT2D eigenvalue weighted by Gasteiger charge is -2.13. The first kappa shape index (κ1) is 18.7. The van der Waals surface area contributed by atoms with Crippen LogP contribution in [0.25, 0.3) is 6.08 Å². The Balaban J connectivity index is 2.47. The first-order valence-corrected chi connectivity index (χ1v) is 8.18. The Labute approximate surface area is 149 Å². The molecule has 2 rings (SSSR count). The van der Waals surface area contributed by atoms with Crippen molar-refractivity contribution in [3.63, 3.8) is 0 Å². The van der Waals surface area contributed by atoms with Gasteiger partial charge in [-0.25, -0.2) is 9.78 Å². The highest BCUT2D eigenvalue weighted by molar-refractivity contribution is 8.04. The molecule has 0 saturated carbocycles. The summed E-state index contributed by atoms with van der Waals surface area (Å²) in [6.45, 7) is 1.93. The number of benzene rings is 1. The van der Waals surface area contributed by atoms with Crippen LogP contribution in [0.15, 0.2) is 22.2 Å². The lowest BCUT2D eigenvalue weighted by Crippen LogP contribution is -2.00. The Morgan fingerprint density at radius 3 is 2.32 bits per heavy atom. The van der Waals surface area contributed by atoms with Crippen molar-refractivity contribution in [3.8, 4) is 17.2 Å². The van der Waals surface area contributed by atoms with Gasteiger partial charge in [0, 0.05) is 18.6 Å². The summed E-state index contributed by atoms with van der Waals surface area (Å²) in [5, 5.41) is 16.6. The van der Waals surface area contributed by atoms with Gasteiger partial charge in [0.2, 0.25) is 5.16 Å². The Morgan fingerprint density at radius 2 is 1.88 bits per heavy atom. The molecule has 1 heterocycles. The third kappa shape index (κ3) is 4.44. The molecule has 2 N–H and O–H groups in total. The van der Waals surface area contributed by atoms with Gasteiger partial charge in [0.05, 0.1) is 26.9 Å². The van der Waals surface area contributed by atoms with E-state index in [1.54, 1.807) is 12.1 Å². The second kappa shape index (κ2) is 8.43. The highest BCUT2D eigenvalue weighted by atomic mass is 32.2. The SMILES string of the molecule is CCc1nc(S/C(=C\c2c(OC)cc(OC)cc2OC)C(=O)O)n[nH]1. The van der Waals surface area contributed by atoms with Crippen molar-refractivity contribution in [1.29, 1.82) is 0 Å². The van der Waals surface area contributed by atoms with Crippen LogP contribution >= 0.6 is 11.8 Å². The fourth-order valence-electron chi connectivity index (χ4n) is 2.02. The molecule has 0 aliphatic heterocycles. The highest BCUT2D eigenvalue weighted by Gasteiger charge is 2.18. The van der Waals surface area contributed by atoms with Crippen molar-refractivity contribution < 1.29 is 24.1 Å². The van der Waals surface area contributed by atoms with Crippen LogP contribution in [0.3, 0.4) is 0 Å². The minimum absolute atomic E-state index is 0.0309. The third-order valence-corrected chi connectivity index (χ3v) is 4.16. The summed E-state index contributed by atoms with van der Waals surface area (Å²) in [4.78, 5) is 15.9. The lowest BCUT2D eigenvalue weighted by molar-refractivity contribution is -0.131. The number of rotatable bonds is 8. The van der Waals surface area contributed by atoms with Gasteiger partial charge in [-0.2, -0.15) is 0 Å². The number of H-pyrrole nitrogens is 1. The minimum Gasteiger partial charge on any atom is -0.496 e. The molecule has 0 aliphatic rings. The van der Waals surface area contributed by atoms with E-state index >= 15 is 0 Å². The van der Waals surface area contributed by atoms with E-state index in [1.165, 1.54) is 27.4 Å². The van der Waals surface area contributed by atoms with Crippen LogP contribution in [0.5, 0.6) is 17.2 Å². The van der Waals surface area contributed by atoms with Crippen molar-refractivity contribution in [1.82, 2.24) is 15.2 Å². The van der Waals surface area contributed by atoms with Crippen LogP contribution in [-0.4, -0.2) is 47.6 Å². The Hall–Kier alpha value is -2.68. The second-order valence-electron chi connectivity index (χ2n) is 4.78. The van der Waals surface area contributed by atoms with E-state index in [0.717, 1.165) is 11.8 Å². The Kier molecular flexibility index (Phi) is 6.29. The normalized spacial score (nSPS) is 11.3. The van der Waals surface area contributed by atoms with Crippen LogP contribution < -0.4 is 14.2 Å². The van der Waals surface area contributed by atoms with Gasteiger partial charge < -0.3 is 19.3 Å². The van der Waals surface area contributed by atoms with Crippen LogP contribution in [0.2, 0.25) is 0 Å². The molecule has 0 saturated heterocycles. The number of methoxy groups -OCH3 is 3. The molecular formula is C16H19N3O5S. The number of carbonyl (C=O) groups is 1. The summed E-state index contributed by atoms with van der Waals surface area (Å²) in [7, 11) is 4.50. The maximum absolute atomic E-state index is 11.6. The molecule has 0 fully saturated rings. The van der Waals surface area contributed by atoms with Crippen LogP contribution in [-0.2, 0) is 11.2 Å². The maximum atomic E-state index is 11.6. The zero-order valence-corrected chi connectivity index (χ0v) is 15.1. The zero-order valence-electron chi connectivity index (χ0n) is 14.3. The summed E-state index contributed by atoms with van der Waals surface area (Å²) in [5.41, 5.74) is 0.488. The summed E-state index contributed by atoms with van der Waals surface area (Å²) < 4.78 is 15.9. The van der Waals surface area contributed by atoms with Crippen molar-refractivity contribution in [3.05, 3.63) is 28.4 Å². The number of thioether (sulfide) groups is 1. The fourth-order valence-corrected chi connectivity index (χ4v) is 2.73. The van der Waals surface area contributed by atoms with Gasteiger partial charge in [-0.15, -0.1) is 5.10 Å². The van der Waals surface area contributed by atoms with E-state index in [-0.39, 0.29) is 4.91 Å². The Bertz CT molecular complexity index is 763. The van der Waals surface area contributed by atoms with Crippen molar-refractivity contribution >= 4 is 23.8 Å². The largest absolute Gasteiger partial charge is 0.496 e. The number of aromatic nitrogens is 3. The van der Waals surface area contributed by atoms with Crippen molar-refractivity contribution in [2.24, 2.45) is 0 Å². The average Bonchev–Trinajstić information content (AvgIpc) is 3.08. The number of carboxylic acid groups (broad SMARTS) is 1. The van der Waals surface area contributed by atoms with E-state index in [2.05, 4.69) is 15.2 Å². The predicted molar refractivity (Wildman–Crippen MR) is 93.3 cm³/mol. The summed E-state index contributed by atoms with van der Waals surface area (Å²) in [6.07, 6.45) is 2.14. The molecular weight excluding hydrogens is 346 g/mol. The van der Waals surface area contributed by atoms with Gasteiger partial charge >= 0.3 is 5.97 Å². The monoisotopic (exact) mass is 365 g/mol. The molecule has 1 aromatic heterocycles. The van der Waals surface area contributed by atoms with Crippen LogP contribution in [0.4, 0.5) is 0 Å². The second-order valence-corrected chi connectivity index (χ2v) is 5.79. The Morgan fingerprint density at radius 1 is 1.24 bits per heavy atom. The van der Waals surface area contributed by atoms with E-state index in [1.807, 2.05) is 6.92 Å². The van der Waals surface area contributed by atoms with E-state index in [4.69, 9.17) is 14.2 Å². The van der Waals surface area contributed by atoms with Gasteiger partial charge in [-0.3, -0.25) is 5.10 Å². The molecule has 0 amide bonds. The molecule has 0 radical (unpaired) electrons. The number of nitrogens with one attached hydrogen (secondary N) is 1. The molecule has 25 heavy (non-hydrogen) atoms. The number of nitrogens with zero attached hydrogens (tertiary/aromatic N) is 2. The van der Waals surface area contributed by atoms with E-state index in [9.17, 15) is 9.90 Å². The highest BCUT2D eigenvalue weighted by Crippen LogP contribution is 2.37. The summed E-state index contributed by atoms with van der Waals surface area (Å²) >= 11 is 0.942. The molecule has 2 aromatic rings. The molecule has 8 nitrogen and oxygen atoms in total. The number of carboxylic acids is 1. The maximum Gasteiger partial charge on any atom is 0.342 e. The molecule has 0 unspecified atom stereocenters. The van der Waals surface area contributed by atoms with E-state index < -0.39 is 5.97 Å². The number of aliphatic carboxylic acids is 1. The first-order chi connectivity index (χ1) is 12.0. The predicted octanol–water partition coefficient (Wildman–Crippen LogP) is 2.61. The topological polar surface area (TPSA) is 107 Å². The number of ether oxygens (including phenoxy) is 3. The molecule has 0 aliphatic carbocycles. The zero-order chi connectivity index (χ0) is 18.4. The first-order valence-electron chi connectivity index (χ1n) is 7.36. The smallest absolute Gasteiger partial charge is 0.342 e. The summed E-state index contributed by atoms with van der Waals surface area (Å²) in [5.74, 6) is 0.983. The minimum atomic E-state index is -1.10. The number of hydrogen-bond acceptors (Lipinski definition) is 7. The van der Waals surface area contributed by atoms with Gasteiger partial charge in [0.25, 0.3) is 0 Å². The molecule has 1 aromatic carbocycles. The van der Waals surface area contributed by atoms with E-state index in [0.29, 0.717) is 40.2 Å². The van der Waals surface area contributed by atoms with Gasteiger partial charge in [0.15, 0.2) is 0 Å². The van der Waals surface area contributed by atoms with Crippen LogP contribution in [0.1, 0.15) is 18.3 Å². The van der Waals surface area contributed by atoms with Gasteiger partial charge in [0.1, 0.15) is 28.0 Å². The summed E-state index contributed by atoms with van der Waals surface area (Å²) in [6, 6.07) is 3.31. The van der Waals surface area contributed by atoms with Crippen LogP contribution in [0, 0.1) is 0 Å². The third-order valence-electron chi connectivity index (χ3n) is 3.29. The average molecular weight is 365 g/mol. The molecule has 0 bridgehead atoms. The number of aromatic amines is 1. The molecule has 0 spiro atoms. The molecule has 134 valence electrons. The number of hydrogen-bond donors (Lipinski definition) is 2. The number of aryl methyl sites for hydroxylation is 1. The quantitative estimate of drug-likeness (QED) is 0.543. The molecule has 0 atom stereocenters. The van der Waals surface area contributed by atoms with Gasteiger partial charge in [-0.05, 0) is 17.8 Å². The van der Waals surface area contributed by atoms with Crippen molar-refractivity contribution in [2.75, 3.05) is 21.3 Å². The van der Waals surface area contributed by atoms with Gasteiger partial charge in [-0.1, -0.05) is 6.92 Å². The van der Waals surface area contributed by atoms with Crippen molar-refractivity contribution in [2.45, 2.75) is 18.5 Å².